The Balaban J connectivity index is 0.000000199. The van der Waals surface area contributed by atoms with Crippen molar-refractivity contribution in [2.45, 2.75) is 51.1 Å². The molecule has 2 fully saturated rings. The molecule has 0 aromatic heterocycles. The van der Waals surface area contributed by atoms with Gasteiger partial charge in [0.15, 0.2) is 23.0 Å². The molecule has 0 saturated carbocycles. The molecule has 0 aliphatic carbocycles. The molecule has 16 nitrogen and oxygen atoms in total. The van der Waals surface area contributed by atoms with Crippen molar-refractivity contribution in [2.24, 2.45) is 17.8 Å². The fraction of sp³-hybridized carbons (Fsp3) is 0.451. The third-order valence-corrected chi connectivity index (χ3v) is 13.4. The number of fused-ring (bicyclic) bond motifs is 2. The molecule has 0 unspecified atom stereocenters. The molecule has 6 atom stereocenters. The first-order valence-corrected chi connectivity index (χ1v) is 22.7. The Hall–Kier alpha value is -6.52. The van der Waals surface area contributed by atoms with Crippen LogP contribution in [0.25, 0.3) is 0 Å². The predicted octanol–water partition coefficient (Wildman–Crippen LogP) is 6.51. The van der Waals surface area contributed by atoms with Crippen molar-refractivity contribution in [1.29, 1.82) is 0 Å². The topological polar surface area (TPSA) is 177 Å². The van der Waals surface area contributed by atoms with E-state index in [-0.39, 0.29) is 55.2 Å². The molecule has 4 aliphatic rings. The molecule has 0 radical (unpaired) electrons. The van der Waals surface area contributed by atoms with E-state index in [1.807, 2.05) is 106 Å². The molecule has 4 aromatic rings. The lowest BCUT2D eigenvalue weighted by molar-refractivity contribution is -0.144. The van der Waals surface area contributed by atoms with Gasteiger partial charge in [0.25, 0.3) is 0 Å². The van der Waals surface area contributed by atoms with Crippen LogP contribution in [0.15, 0.2) is 84.9 Å². The Kier molecular flexibility index (Phi) is 15.5. The fourth-order valence-corrected chi connectivity index (χ4v) is 9.78. The quantitative estimate of drug-likeness (QED) is 0.124. The minimum Gasteiger partial charge on any atom is -0.497 e. The average molecular weight is 923 g/mol. The highest BCUT2D eigenvalue weighted by Gasteiger charge is 2.49. The Bertz CT molecular complexity index is 2380. The lowest BCUT2D eigenvalue weighted by atomic mass is 9.82. The van der Waals surface area contributed by atoms with Gasteiger partial charge in [0, 0.05) is 89.6 Å². The van der Waals surface area contributed by atoms with Crippen molar-refractivity contribution >= 4 is 23.8 Å². The van der Waals surface area contributed by atoms with Gasteiger partial charge in [0.1, 0.15) is 11.5 Å². The van der Waals surface area contributed by atoms with Crippen LogP contribution in [0.4, 0.5) is 0 Å². The zero-order valence-electron chi connectivity index (χ0n) is 39.3. The summed E-state index contributed by atoms with van der Waals surface area (Å²) in [5.41, 5.74) is 3.64. The van der Waals surface area contributed by atoms with Gasteiger partial charge in [-0.15, -0.1) is 0 Å². The molecule has 4 aromatic carbocycles. The molecule has 67 heavy (non-hydrogen) atoms. The van der Waals surface area contributed by atoms with Crippen LogP contribution >= 0.6 is 0 Å². The number of hydrogen-bond donors (Lipinski definition) is 2. The molecule has 2 N–H and O–H groups in total. The van der Waals surface area contributed by atoms with E-state index >= 15 is 0 Å². The number of likely N-dealkylation sites (N-methyl/N-ethyl adjacent to an activating group) is 2. The lowest BCUT2D eigenvalue weighted by Gasteiger charge is -2.29. The second-order valence-electron chi connectivity index (χ2n) is 17.7. The molecule has 0 bridgehead atoms. The van der Waals surface area contributed by atoms with Gasteiger partial charge in [-0.05, 0) is 70.8 Å². The fourth-order valence-electron chi connectivity index (χ4n) is 9.78. The number of rotatable bonds is 16. The normalized spacial score (nSPS) is 21.7. The highest BCUT2D eigenvalue weighted by Crippen LogP contribution is 2.49. The van der Waals surface area contributed by atoms with Crippen LogP contribution in [0.2, 0.25) is 0 Å². The first-order valence-electron chi connectivity index (χ1n) is 22.7. The van der Waals surface area contributed by atoms with E-state index in [1.165, 1.54) is 0 Å². The number of carbonyl (C=O) groups excluding carboxylic acids is 2. The highest BCUT2D eigenvalue weighted by atomic mass is 16.7. The summed E-state index contributed by atoms with van der Waals surface area (Å²) < 4.78 is 32.5. The molecule has 358 valence electrons. The van der Waals surface area contributed by atoms with Crippen LogP contribution in [0.5, 0.6) is 34.5 Å². The van der Waals surface area contributed by atoms with Gasteiger partial charge in [-0.3, -0.25) is 29.0 Å². The van der Waals surface area contributed by atoms with Gasteiger partial charge in [-0.2, -0.15) is 0 Å². The number of likely N-dealkylation sites (tertiary alicyclic amines) is 2. The summed E-state index contributed by atoms with van der Waals surface area (Å²) in [5, 5.41) is 20.7. The molecule has 4 heterocycles. The third kappa shape index (κ3) is 10.7. The van der Waals surface area contributed by atoms with Gasteiger partial charge in [0.2, 0.25) is 25.4 Å². The van der Waals surface area contributed by atoms with Gasteiger partial charge in [-0.1, -0.05) is 57.2 Å². The standard InChI is InChI=1S/C26H32N2O6.C25H30N2O6/c1-16(2)25(29)27(3)11-12-28-14-20(18-7-10-21-22(13-18)34-15-33-21)23(26(30)31)24(28)17-5-8-19(32-4)9-6-17;1-4-22(28)26(2)11-12-27-14-19(17-7-10-20-21(13-17)33-15-32-20)23(25(29)30)24(27)16-5-8-18(31-3)9-6-16/h5-10,13,16,20,23-24H,11-12,14-15H2,1-4H3,(H,30,31);5-10,13,19,23-24H,4,11-12,14-15H2,1-3H3,(H,29,30)/t20-,23+,24-;19-,23+,24-/m11/s1. The third-order valence-electron chi connectivity index (χ3n) is 13.4. The lowest BCUT2D eigenvalue weighted by Crippen LogP contribution is -2.38. The van der Waals surface area contributed by atoms with Gasteiger partial charge < -0.3 is 48.4 Å². The first kappa shape index (κ1) is 48.4. The predicted molar refractivity (Wildman–Crippen MR) is 248 cm³/mol. The maximum absolute atomic E-state index is 12.6. The molecule has 8 rings (SSSR count). The smallest absolute Gasteiger partial charge is 0.309 e. The zero-order valence-corrected chi connectivity index (χ0v) is 39.3. The van der Waals surface area contributed by atoms with Gasteiger partial charge >= 0.3 is 11.9 Å². The van der Waals surface area contributed by atoms with E-state index in [0.29, 0.717) is 68.7 Å². The first-order chi connectivity index (χ1) is 32.2. The number of hydrogen-bond acceptors (Lipinski definition) is 12. The maximum atomic E-state index is 12.6. The summed E-state index contributed by atoms with van der Waals surface area (Å²) in [6.45, 7) is 9.23. The molecule has 2 saturated heterocycles. The molecular weight excluding hydrogens is 861 g/mol. The van der Waals surface area contributed by atoms with Crippen LogP contribution in [-0.2, 0) is 19.2 Å². The number of methoxy groups -OCH3 is 2. The number of carboxylic acids is 2. The summed E-state index contributed by atoms with van der Waals surface area (Å²) in [4.78, 5) is 57.5. The molecule has 2 amide bonds. The van der Waals surface area contributed by atoms with Crippen molar-refractivity contribution in [1.82, 2.24) is 19.6 Å². The zero-order chi connectivity index (χ0) is 47.9. The van der Waals surface area contributed by atoms with Crippen LogP contribution < -0.4 is 28.4 Å². The largest absolute Gasteiger partial charge is 0.497 e. The van der Waals surface area contributed by atoms with Crippen LogP contribution in [0.1, 0.15) is 73.4 Å². The average Bonchev–Trinajstić information content (AvgIpc) is 4.16. The molecule has 16 heteroatoms. The monoisotopic (exact) mass is 922 g/mol. The Labute approximate surface area is 391 Å². The number of aliphatic carboxylic acids is 2. The van der Waals surface area contributed by atoms with Crippen LogP contribution in [-0.4, -0.2) is 135 Å². The number of ether oxygens (including phenoxy) is 6. The van der Waals surface area contributed by atoms with Crippen LogP contribution in [0.3, 0.4) is 0 Å². The van der Waals surface area contributed by atoms with Crippen LogP contribution in [0, 0.1) is 17.8 Å². The van der Waals surface area contributed by atoms with Crippen molar-refractivity contribution in [3.05, 3.63) is 107 Å². The van der Waals surface area contributed by atoms with Crippen molar-refractivity contribution in [3.8, 4) is 34.5 Å². The van der Waals surface area contributed by atoms with E-state index in [2.05, 4.69) is 9.80 Å². The minimum atomic E-state index is -0.849. The highest BCUT2D eigenvalue weighted by molar-refractivity contribution is 5.78. The summed E-state index contributed by atoms with van der Waals surface area (Å²) in [6, 6.07) is 25.8. The summed E-state index contributed by atoms with van der Waals surface area (Å²) in [7, 11) is 6.79. The number of amides is 2. The van der Waals surface area contributed by atoms with E-state index < -0.39 is 23.8 Å². The van der Waals surface area contributed by atoms with Gasteiger partial charge in [-0.25, -0.2) is 0 Å². The molecule has 0 spiro atoms. The van der Waals surface area contributed by atoms with Crippen molar-refractivity contribution < 1.29 is 57.8 Å². The van der Waals surface area contributed by atoms with Crippen molar-refractivity contribution in [2.75, 3.05) is 81.2 Å². The Morgan fingerprint density at radius 3 is 1.37 bits per heavy atom. The van der Waals surface area contributed by atoms with E-state index in [1.54, 1.807) is 38.1 Å². The second-order valence-corrected chi connectivity index (χ2v) is 17.7. The van der Waals surface area contributed by atoms with Crippen molar-refractivity contribution in [3.63, 3.8) is 0 Å². The molecule has 4 aliphatic heterocycles. The molecular formula is C51H62N4O12. The van der Waals surface area contributed by atoms with Gasteiger partial charge in [0.05, 0.1) is 26.1 Å². The summed E-state index contributed by atoms with van der Waals surface area (Å²) in [5.74, 6) is 0.605. The Morgan fingerprint density at radius 1 is 0.612 bits per heavy atom. The maximum Gasteiger partial charge on any atom is 0.309 e. The van der Waals surface area contributed by atoms with E-state index in [9.17, 15) is 29.4 Å². The van der Waals surface area contributed by atoms with E-state index in [4.69, 9.17) is 28.4 Å². The minimum absolute atomic E-state index is 0.0669. The van der Waals surface area contributed by atoms with E-state index in [0.717, 1.165) is 33.8 Å². The summed E-state index contributed by atoms with van der Waals surface area (Å²) >= 11 is 0. The Morgan fingerprint density at radius 2 is 1.00 bits per heavy atom. The number of benzene rings is 4. The summed E-state index contributed by atoms with van der Waals surface area (Å²) in [6.07, 6.45) is 0.440. The second kappa shape index (κ2) is 21.4. The number of carboxylic acid groups (broad SMARTS) is 2. The number of nitrogens with zero attached hydrogens (tertiary/aromatic N) is 4. The SMILES string of the molecule is CCC(=O)N(C)CCN1C[C@H](c2ccc3c(c2)OCO3)[C@H](C(=O)O)[C@H]1c1ccc(OC)cc1.COc1ccc([C@@H]2[C@@H](C(=O)O)[C@@H](c3ccc4c(c3)OCO4)CN2CCN(C)C(=O)C(C)C)cc1. The number of carbonyl (C=O) groups is 4.